The lowest BCUT2D eigenvalue weighted by Crippen LogP contribution is -2.57. The molecule has 0 radical (unpaired) electrons. The van der Waals surface area contributed by atoms with Gasteiger partial charge in [0.15, 0.2) is 0 Å². The lowest BCUT2D eigenvalue weighted by atomic mass is 9.92. The molecule has 0 spiro atoms. The van der Waals surface area contributed by atoms with Gasteiger partial charge in [-0.05, 0) is 49.9 Å². The fraction of sp³-hybridized carbons (Fsp3) is 0.562. The van der Waals surface area contributed by atoms with Crippen LogP contribution in [-0.4, -0.2) is 49.1 Å². The van der Waals surface area contributed by atoms with Crippen molar-refractivity contribution in [1.82, 2.24) is 4.31 Å². The Morgan fingerprint density at radius 3 is 2.30 bits per heavy atom. The van der Waals surface area contributed by atoms with Crippen molar-refractivity contribution >= 4 is 16.0 Å². The highest BCUT2D eigenvalue weighted by molar-refractivity contribution is 7.89. The standard InChI is InChI=1S/C16H21NO5S/c1-10-6-12(16(18)19)7-15(11(10)2)23(20,21)17(13-4-3-5-13)14-8-22-9-14/h6-7,13-14H,3-5,8-9H2,1-2H3,(H,18,19). The van der Waals surface area contributed by atoms with E-state index in [-0.39, 0.29) is 22.5 Å². The van der Waals surface area contributed by atoms with Gasteiger partial charge in [-0.15, -0.1) is 0 Å². The number of hydrogen-bond acceptors (Lipinski definition) is 4. The quantitative estimate of drug-likeness (QED) is 0.886. The van der Waals surface area contributed by atoms with E-state index in [9.17, 15) is 18.3 Å². The second-order valence-electron chi connectivity index (χ2n) is 6.33. The normalized spacial score (nSPS) is 19.4. The van der Waals surface area contributed by atoms with E-state index in [4.69, 9.17) is 4.74 Å². The minimum Gasteiger partial charge on any atom is -0.478 e. The molecule has 1 aliphatic heterocycles. The Morgan fingerprint density at radius 1 is 1.22 bits per heavy atom. The molecule has 3 rings (SSSR count). The molecule has 7 heteroatoms. The summed E-state index contributed by atoms with van der Waals surface area (Å²) < 4.78 is 33.2. The number of carbonyl (C=O) groups is 1. The molecule has 1 aliphatic carbocycles. The average Bonchev–Trinajstić information content (AvgIpc) is 2.36. The Labute approximate surface area is 136 Å². The number of aryl methyl sites for hydroxylation is 1. The summed E-state index contributed by atoms with van der Waals surface area (Å²) in [5.74, 6) is -1.12. The molecule has 1 aromatic rings. The van der Waals surface area contributed by atoms with Gasteiger partial charge < -0.3 is 9.84 Å². The zero-order valence-corrected chi connectivity index (χ0v) is 14.1. The molecule has 0 aromatic heterocycles. The van der Waals surface area contributed by atoms with E-state index in [0.29, 0.717) is 24.3 Å². The van der Waals surface area contributed by atoms with E-state index in [1.54, 1.807) is 18.2 Å². The second-order valence-corrected chi connectivity index (χ2v) is 8.14. The van der Waals surface area contributed by atoms with Crippen LogP contribution < -0.4 is 0 Å². The van der Waals surface area contributed by atoms with Gasteiger partial charge in [0.1, 0.15) is 0 Å². The van der Waals surface area contributed by atoms with Gasteiger partial charge in [0.2, 0.25) is 10.0 Å². The zero-order chi connectivity index (χ0) is 16.8. The van der Waals surface area contributed by atoms with Gasteiger partial charge in [-0.2, -0.15) is 4.31 Å². The number of ether oxygens (including phenoxy) is 1. The fourth-order valence-corrected chi connectivity index (χ4v) is 5.20. The van der Waals surface area contributed by atoms with Crippen molar-refractivity contribution in [1.29, 1.82) is 0 Å². The first-order chi connectivity index (χ1) is 10.8. The van der Waals surface area contributed by atoms with Crippen LogP contribution in [0.1, 0.15) is 40.7 Å². The summed E-state index contributed by atoms with van der Waals surface area (Å²) in [6, 6.07) is 2.66. The summed E-state index contributed by atoms with van der Waals surface area (Å²) in [7, 11) is -3.74. The second kappa shape index (κ2) is 5.89. The smallest absolute Gasteiger partial charge is 0.335 e. The van der Waals surface area contributed by atoms with E-state index in [0.717, 1.165) is 19.3 Å². The molecule has 6 nitrogen and oxygen atoms in total. The first-order valence-corrected chi connectivity index (χ1v) is 9.22. The van der Waals surface area contributed by atoms with Crippen molar-refractivity contribution in [3.63, 3.8) is 0 Å². The van der Waals surface area contributed by atoms with Gasteiger partial charge >= 0.3 is 5.97 Å². The Morgan fingerprint density at radius 2 is 1.87 bits per heavy atom. The first-order valence-electron chi connectivity index (χ1n) is 7.78. The van der Waals surface area contributed by atoms with E-state index >= 15 is 0 Å². The van der Waals surface area contributed by atoms with E-state index in [1.165, 1.54) is 12.1 Å². The molecular formula is C16H21NO5S. The molecule has 0 amide bonds. The maximum Gasteiger partial charge on any atom is 0.335 e. The topological polar surface area (TPSA) is 83.9 Å². The number of hydrogen-bond donors (Lipinski definition) is 1. The molecule has 1 heterocycles. The van der Waals surface area contributed by atoms with Crippen LogP contribution in [-0.2, 0) is 14.8 Å². The first kappa shape index (κ1) is 16.4. The molecule has 0 atom stereocenters. The Bertz CT molecular complexity index is 721. The number of carboxylic acids is 1. The summed E-state index contributed by atoms with van der Waals surface area (Å²) in [4.78, 5) is 11.4. The highest BCUT2D eigenvalue weighted by Gasteiger charge is 2.43. The monoisotopic (exact) mass is 339 g/mol. The van der Waals surface area contributed by atoms with Crippen molar-refractivity contribution in [2.75, 3.05) is 13.2 Å². The largest absolute Gasteiger partial charge is 0.478 e. The highest BCUT2D eigenvalue weighted by Crippen LogP contribution is 2.35. The van der Waals surface area contributed by atoms with Crippen molar-refractivity contribution in [3.8, 4) is 0 Å². The van der Waals surface area contributed by atoms with Crippen molar-refractivity contribution in [2.24, 2.45) is 0 Å². The van der Waals surface area contributed by atoms with Crippen LogP contribution in [0.15, 0.2) is 17.0 Å². The zero-order valence-electron chi connectivity index (χ0n) is 13.3. The fourth-order valence-electron chi connectivity index (χ4n) is 3.03. The third-order valence-corrected chi connectivity index (χ3v) is 6.97. The molecule has 0 unspecified atom stereocenters. The summed E-state index contributed by atoms with van der Waals surface area (Å²) in [6.45, 7) is 4.28. The van der Waals surface area contributed by atoms with Gasteiger partial charge in [0, 0.05) is 6.04 Å². The number of benzene rings is 1. The van der Waals surface area contributed by atoms with Crippen LogP contribution in [0.25, 0.3) is 0 Å². The van der Waals surface area contributed by atoms with E-state index in [2.05, 4.69) is 0 Å². The lowest BCUT2D eigenvalue weighted by molar-refractivity contribution is -0.0549. The van der Waals surface area contributed by atoms with Crippen molar-refractivity contribution in [3.05, 3.63) is 28.8 Å². The van der Waals surface area contributed by atoms with Gasteiger partial charge in [-0.25, -0.2) is 13.2 Å². The summed E-state index contributed by atoms with van der Waals surface area (Å²) in [6.07, 6.45) is 2.73. The number of nitrogens with zero attached hydrogens (tertiary/aromatic N) is 1. The van der Waals surface area contributed by atoms with Crippen LogP contribution in [0.5, 0.6) is 0 Å². The van der Waals surface area contributed by atoms with Crippen molar-refractivity contribution < 1.29 is 23.1 Å². The summed E-state index contributed by atoms with van der Waals surface area (Å²) in [5.41, 5.74) is 1.28. The van der Waals surface area contributed by atoms with Gasteiger partial charge in [0.05, 0.1) is 29.7 Å². The minimum atomic E-state index is -3.74. The molecule has 2 aliphatic rings. The van der Waals surface area contributed by atoms with Crippen LogP contribution >= 0.6 is 0 Å². The number of rotatable bonds is 5. The lowest BCUT2D eigenvalue weighted by Gasteiger charge is -2.44. The molecule has 1 N–H and O–H groups in total. The van der Waals surface area contributed by atoms with Crippen LogP contribution in [0.2, 0.25) is 0 Å². The predicted octanol–water partition coefficient (Wildman–Crippen LogP) is 1.94. The molecule has 1 saturated heterocycles. The van der Waals surface area contributed by atoms with Gasteiger partial charge in [-0.3, -0.25) is 0 Å². The molecule has 2 fully saturated rings. The predicted molar refractivity (Wildman–Crippen MR) is 84.1 cm³/mol. The van der Waals surface area contributed by atoms with Gasteiger partial charge in [-0.1, -0.05) is 6.42 Å². The molecule has 23 heavy (non-hydrogen) atoms. The maximum absolute atomic E-state index is 13.2. The highest BCUT2D eigenvalue weighted by atomic mass is 32.2. The van der Waals surface area contributed by atoms with Crippen molar-refractivity contribution in [2.45, 2.75) is 50.1 Å². The molecule has 0 bridgehead atoms. The summed E-state index contributed by atoms with van der Waals surface area (Å²) in [5, 5.41) is 9.23. The third-order valence-electron chi connectivity index (χ3n) is 4.84. The Kier molecular flexibility index (Phi) is 4.20. The molecule has 1 aromatic carbocycles. The molecular weight excluding hydrogens is 318 g/mol. The minimum absolute atomic E-state index is 0.00194. The van der Waals surface area contributed by atoms with E-state index in [1.807, 2.05) is 0 Å². The number of carboxylic acid groups (broad SMARTS) is 1. The molecule has 126 valence electrons. The molecule has 1 saturated carbocycles. The summed E-state index contributed by atoms with van der Waals surface area (Å²) >= 11 is 0. The van der Waals surface area contributed by atoms with Gasteiger partial charge in [0.25, 0.3) is 0 Å². The maximum atomic E-state index is 13.2. The Hall–Kier alpha value is -1.44. The SMILES string of the molecule is Cc1cc(C(=O)O)cc(S(=O)(=O)N(C2CCC2)C2COC2)c1C. The van der Waals surface area contributed by atoms with Crippen LogP contribution in [0.4, 0.5) is 0 Å². The average molecular weight is 339 g/mol. The third kappa shape index (κ3) is 2.77. The Balaban J connectivity index is 2.08. The number of sulfonamides is 1. The van der Waals surface area contributed by atoms with E-state index < -0.39 is 16.0 Å². The number of aromatic carboxylic acids is 1. The van der Waals surface area contributed by atoms with Crippen LogP contribution in [0.3, 0.4) is 0 Å². The van der Waals surface area contributed by atoms with Crippen LogP contribution in [0, 0.1) is 13.8 Å².